The van der Waals surface area contributed by atoms with E-state index < -0.39 is 5.79 Å². The molecule has 0 saturated carbocycles. The Morgan fingerprint density at radius 3 is 2.75 bits per heavy atom. The van der Waals surface area contributed by atoms with E-state index in [2.05, 4.69) is 6.92 Å². The minimum atomic E-state index is -0.748. The molecule has 2 atom stereocenters. The van der Waals surface area contributed by atoms with Crippen molar-refractivity contribution in [2.75, 3.05) is 6.61 Å². The predicted molar refractivity (Wildman–Crippen MR) is 64.9 cm³/mol. The van der Waals surface area contributed by atoms with Crippen molar-refractivity contribution in [3.8, 4) is 0 Å². The normalized spacial score (nSPS) is 29.6. The Labute approximate surface area is 105 Å². The maximum Gasteiger partial charge on any atom is 0.193 e. The van der Waals surface area contributed by atoms with Crippen molar-refractivity contribution in [3.05, 3.63) is 33.8 Å². The molecule has 0 spiro atoms. The zero-order chi connectivity index (χ0) is 11.8. The number of hydrogen-bond donors (Lipinski definition) is 0. The average molecular weight is 261 g/mol. The van der Waals surface area contributed by atoms with Gasteiger partial charge in [0, 0.05) is 10.6 Å². The fourth-order valence-corrected chi connectivity index (χ4v) is 2.42. The Morgan fingerprint density at radius 2 is 2.19 bits per heavy atom. The zero-order valence-electron chi connectivity index (χ0n) is 9.30. The molecule has 0 bridgehead atoms. The molecule has 16 heavy (non-hydrogen) atoms. The molecule has 0 amide bonds. The van der Waals surface area contributed by atoms with Crippen molar-refractivity contribution in [2.45, 2.75) is 32.2 Å². The fraction of sp³-hybridized carbons (Fsp3) is 0.500. The lowest BCUT2D eigenvalue weighted by Gasteiger charge is -2.24. The number of hydrogen-bond acceptors (Lipinski definition) is 2. The smallest absolute Gasteiger partial charge is 0.193 e. The highest BCUT2D eigenvalue weighted by atomic mass is 35.5. The zero-order valence-corrected chi connectivity index (χ0v) is 10.8. The van der Waals surface area contributed by atoms with Gasteiger partial charge in [-0.05, 0) is 25.5 Å². The molecular weight excluding hydrogens is 247 g/mol. The molecule has 0 radical (unpaired) electrons. The first-order valence-electron chi connectivity index (χ1n) is 5.32. The summed E-state index contributed by atoms with van der Waals surface area (Å²) in [7, 11) is 0. The average Bonchev–Trinajstić information content (AvgIpc) is 2.61. The van der Waals surface area contributed by atoms with Gasteiger partial charge in [-0.15, -0.1) is 0 Å². The van der Waals surface area contributed by atoms with E-state index in [0.717, 1.165) is 12.0 Å². The second kappa shape index (κ2) is 4.53. The molecule has 0 N–H and O–H groups in total. The van der Waals surface area contributed by atoms with Gasteiger partial charge in [-0.2, -0.15) is 0 Å². The lowest BCUT2D eigenvalue weighted by Crippen LogP contribution is -2.24. The summed E-state index contributed by atoms with van der Waals surface area (Å²) >= 11 is 12.0. The SMILES string of the molecule is CC[C@H]1CO[C@@](C)(c2ccc(Cl)cc2Cl)O1. The van der Waals surface area contributed by atoms with E-state index >= 15 is 0 Å². The van der Waals surface area contributed by atoms with Crippen LogP contribution in [0.4, 0.5) is 0 Å². The first-order chi connectivity index (χ1) is 7.55. The van der Waals surface area contributed by atoms with Gasteiger partial charge in [-0.3, -0.25) is 0 Å². The highest BCUT2D eigenvalue weighted by molar-refractivity contribution is 6.35. The lowest BCUT2D eigenvalue weighted by atomic mass is 10.1. The van der Waals surface area contributed by atoms with E-state index in [1.54, 1.807) is 12.1 Å². The number of halogens is 2. The van der Waals surface area contributed by atoms with Gasteiger partial charge in [0.1, 0.15) is 0 Å². The molecule has 2 rings (SSSR count). The molecule has 2 nitrogen and oxygen atoms in total. The Bertz CT molecular complexity index is 395. The summed E-state index contributed by atoms with van der Waals surface area (Å²) < 4.78 is 11.6. The van der Waals surface area contributed by atoms with Crippen molar-refractivity contribution in [1.82, 2.24) is 0 Å². The van der Waals surface area contributed by atoms with Crippen LogP contribution < -0.4 is 0 Å². The van der Waals surface area contributed by atoms with Crippen LogP contribution in [0.3, 0.4) is 0 Å². The van der Waals surface area contributed by atoms with Crippen molar-refractivity contribution < 1.29 is 9.47 Å². The molecule has 1 aromatic rings. The monoisotopic (exact) mass is 260 g/mol. The molecule has 88 valence electrons. The maximum absolute atomic E-state index is 6.15. The van der Waals surface area contributed by atoms with E-state index in [9.17, 15) is 0 Å². The first kappa shape index (κ1) is 12.2. The third-order valence-electron chi connectivity index (χ3n) is 2.81. The lowest BCUT2D eigenvalue weighted by molar-refractivity contribution is -0.161. The van der Waals surface area contributed by atoms with Gasteiger partial charge in [-0.1, -0.05) is 36.2 Å². The second-order valence-electron chi connectivity index (χ2n) is 4.03. The van der Waals surface area contributed by atoms with Crippen molar-refractivity contribution in [1.29, 1.82) is 0 Å². The van der Waals surface area contributed by atoms with Gasteiger partial charge < -0.3 is 9.47 Å². The summed E-state index contributed by atoms with van der Waals surface area (Å²) in [6, 6.07) is 5.35. The van der Waals surface area contributed by atoms with Crippen LogP contribution in [0, 0.1) is 0 Å². The van der Waals surface area contributed by atoms with Gasteiger partial charge in [0.25, 0.3) is 0 Å². The van der Waals surface area contributed by atoms with Crippen molar-refractivity contribution in [2.24, 2.45) is 0 Å². The largest absolute Gasteiger partial charge is 0.343 e. The Hall–Kier alpha value is -0.280. The molecule has 1 aliphatic rings. The van der Waals surface area contributed by atoms with Gasteiger partial charge in [0.05, 0.1) is 17.7 Å². The summed E-state index contributed by atoms with van der Waals surface area (Å²) in [6.45, 7) is 4.56. The summed E-state index contributed by atoms with van der Waals surface area (Å²) in [6.07, 6.45) is 1.07. The van der Waals surface area contributed by atoms with E-state index in [1.807, 2.05) is 13.0 Å². The van der Waals surface area contributed by atoms with Gasteiger partial charge in [0.15, 0.2) is 5.79 Å². The Kier molecular flexibility index (Phi) is 3.45. The van der Waals surface area contributed by atoms with Gasteiger partial charge in [-0.25, -0.2) is 0 Å². The molecule has 0 aromatic heterocycles. The second-order valence-corrected chi connectivity index (χ2v) is 4.87. The molecule has 1 fully saturated rings. The highest BCUT2D eigenvalue weighted by Crippen LogP contribution is 2.39. The van der Waals surface area contributed by atoms with Crippen LogP contribution in [0.2, 0.25) is 10.0 Å². The van der Waals surface area contributed by atoms with E-state index in [1.165, 1.54) is 0 Å². The van der Waals surface area contributed by atoms with Crippen LogP contribution in [0.1, 0.15) is 25.8 Å². The molecule has 1 heterocycles. The number of ether oxygens (including phenoxy) is 2. The Morgan fingerprint density at radius 1 is 1.44 bits per heavy atom. The minimum Gasteiger partial charge on any atom is -0.343 e. The summed E-state index contributed by atoms with van der Waals surface area (Å²) in [5.74, 6) is -0.748. The van der Waals surface area contributed by atoms with E-state index in [-0.39, 0.29) is 6.10 Å². The summed E-state index contributed by atoms with van der Waals surface area (Å²) in [4.78, 5) is 0. The molecule has 0 unspecified atom stereocenters. The third kappa shape index (κ3) is 2.21. The molecule has 1 aliphatic heterocycles. The third-order valence-corrected chi connectivity index (χ3v) is 3.36. The van der Waals surface area contributed by atoms with Crippen molar-refractivity contribution >= 4 is 23.2 Å². The van der Waals surface area contributed by atoms with E-state index in [4.69, 9.17) is 32.7 Å². The van der Waals surface area contributed by atoms with E-state index in [0.29, 0.717) is 16.7 Å². The number of rotatable bonds is 2. The van der Waals surface area contributed by atoms with Crippen LogP contribution in [-0.4, -0.2) is 12.7 Å². The van der Waals surface area contributed by atoms with Gasteiger partial charge in [0.2, 0.25) is 0 Å². The quantitative estimate of drug-likeness (QED) is 0.801. The fourth-order valence-electron chi connectivity index (χ4n) is 1.84. The highest BCUT2D eigenvalue weighted by Gasteiger charge is 2.39. The van der Waals surface area contributed by atoms with Crippen molar-refractivity contribution in [3.63, 3.8) is 0 Å². The maximum atomic E-state index is 6.15. The molecule has 0 aliphatic carbocycles. The first-order valence-corrected chi connectivity index (χ1v) is 6.08. The van der Waals surface area contributed by atoms with Crippen LogP contribution >= 0.6 is 23.2 Å². The molecule has 1 saturated heterocycles. The molecule has 4 heteroatoms. The summed E-state index contributed by atoms with van der Waals surface area (Å²) in [5, 5.41) is 1.19. The Balaban J connectivity index is 2.30. The standard InChI is InChI=1S/C12H14Cl2O2/c1-3-9-7-15-12(2,16-9)10-5-4-8(13)6-11(10)14/h4-6,9H,3,7H2,1-2H3/t9-,12+/m0/s1. The van der Waals surface area contributed by atoms with Gasteiger partial charge >= 0.3 is 0 Å². The van der Waals surface area contributed by atoms with Crippen LogP contribution in [0.5, 0.6) is 0 Å². The topological polar surface area (TPSA) is 18.5 Å². The molecular formula is C12H14Cl2O2. The number of benzene rings is 1. The molecule has 1 aromatic carbocycles. The van der Waals surface area contributed by atoms with Crippen LogP contribution in [0.25, 0.3) is 0 Å². The predicted octanol–water partition coefficient (Wildman–Crippen LogP) is 3.99. The van der Waals surface area contributed by atoms with Crippen LogP contribution in [0.15, 0.2) is 18.2 Å². The van der Waals surface area contributed by atoms with Crippen LogP contribution in [-0.2, 0) is 15.3 Å². The summed E-state index contributed by atoms with van der Waals surface area (Å²) in [5.41, 5.74) is 0.828. The minimum absolute atomic E-state index is 0.136.